The van der Waals surface area contributed by atoms with Crippen LogP contribution in [0, 0.1) is 27.7 Å². The average molecular weight is 342 g/mol. The van der Waals surface area contributed by atoms with Crippen molar-refractivity contribution in [2.75, 3.05) is 0 Å². The number of rotatable bonds is 4. The van der Waals surface area contributed by atoms with Crippen LogP contribution in [-0.4, -0.2) is 6.04 Å². The molecule has 2 N–H and O–H groups in total. The first-order valence-corrected chi connectivity index (χ1v) is 9.77. The third-order valence-corrected chi connectivity index (χ3v) is 3.98. The minimum absolute atomic E-state index is 0.217. The summed E-state index contributed by atoms with van der Waals surface area (Å²) in [4.78, 5) is 0. The van der Waals surface area contributed by atoms with Crippen LogP contribution in [0.2, 0.25) is 0 Å². The molecular weight excluding hydrogens is 302 g/mol. The molecule has 1 nitrogen and oxygen atoms in total. The van der Waals surface area contributed by atoms with Crippen LogP contribution >= 0.6 is 0 Å². The van der Waals surface area contributed by atoms with Crippen molar-refractivity contribution in [3.63, 3.8) is 0 Å². The van der Waals surface area contributed by atoms with Gasteiger partial charge in [-0.15, -0.1) is 0 Å². The highest BCUT2D eigenvalue weighted by atomic mass is 14.6. The SMILES string of the molecule is CC.CC.Cc1cc(C)cc(Cc2c(C)cc(CC(C)N)cc2C)c1. The molecule has 2 rings (SSSR count). The van der Waals surface area contributed by atoms with E-state index in [9.17, 15) is 0 Å². The molecule has 1 heteroatoms. The molecule has 25 heavy (non-hydrogen) atoms. The van der Waals surface area contributed by atoms with E-state index >= 15 is 0 Å². The van der Waals surface area contributed by atoms with Gasteiger partial charge >= 0.3 is 0 Å². The van der Waals surface area contributed by atoms with E-state index < -0.39 is 0 Å². The molecule has 1 unspecified atom stereocenters. The molecule has 0 amide bonds. The highest BCUT2D eigenvalue weighted by molar-refractivity contribution is 5.42. The lowest BCUT2D eigenvalue weighted by molar-refractivity contribution is 0.736. The van der Waals surface area contributed by atoms with E-state index in [4.69, 9.17) is 5.73 Å². The summed E-state index contributed by atoms with van der Waals surface area (Å²) in [5.74, 6) is 0. The summed E-state index contributed by atoms with van der Waals surface area (Å²) < 4.78 is 0. The maximum absolute atomic E-state index is 5.92. The maximum Gasteiger partial charge on any atom is 0.00509 e. The van der Waals surface area contributed by atoms with Crippen LogP contribution in [0.4, 0.5) is 0 Å². The largest absolute Gasteiger partial charge is 0.328 e. The second-order valence-electron chi connectivity index (χ2n) is 6.56. The molecule has 2 aromatic rings. The second-order valence-corrected chi connectivity index (χ2v) is 6.56. The molecule has 0 aliphatic heterocycles. The average Bonchev–Trinajstić information content (AvgIpc) is 2.53. The van der Waals surface area contributed by atoms with Crippen molar-refractivity contribution in [1.29, 1.82) is 0 Å². The molecule has 140 valence electrons. The van der Waals surface area contributed by atoms with Crippen molar-refractivity contribution in [1.82, 2.24) is 0 Å². The van der Waals surface area contributed by atoms with Gasteiger partial charge in [-0.2, -0.15) is 0 Å². The monoisotopic (exact) mass is 341 g/mol. The molecule has 0 radical (unpaired) electrons. The predicted molar refractivity (Wildman–Crippen MR) is 115 cm³/mol. The zero-order valence-electron chi connectivity index (χ0n) is 18.0. The summed E-state index contributed by atoms with van der Waals surface area (Å²) in [6, 6.07) is 11.6. The van der Waals surface area contributed by atoms with Crippen molar-refractivity contribution in [3.05, 3.63) is 69.3 Å². The maximum atomic E-state index is 5.92. The molecule has 0 bridgehead atoms. The Hall–Kier alpha value is -1.60. The Labute approximate surface area is 156 Å². The lowest BCUT2D eigenvalue weighted by atomic mass is 9.91. The quantitative estimate of drug-likeness (QED) is 0.679. The smallest absolute Gasteiger partial charge is 0.00509 e. The molecular formula is C24H39N. The van der Waals surface area contributed by atoms with E-state index in [1.165, 1.54) is 38.9 Å². The van der Waals surface area contributed by atoms with Gasteiger partial charge < -0.3 is 5.73 Å². The second kappa shape index (κ2) is 11.9. The van der Waals surface area contributed by atoms with Gasteiger partial charge in [0.15, 0.2) is 0 Å². The van der Waals surface area contributed by atoms with E-state index in [-0.39, 0.29) is 6.04 Å². The molecule has 0 aliphatic rings. The van der Waals surface area contributed by atoms with E-state index in [1.54, 1.807) is 0 Å². The molecule has 0 saturated carbocycles. The molecule has 0 aliphatic carbocycles. The molecule has 0 heterocycles. The Balaban J connectivity index is 0.00000134. The van der Waals surface area contributed by atoms with Crippen molar-refractivity contribution < 1.29 is 0 Å². The molecule has 0 saturated heterocycles. The number of hydrogen-bond acceptors (Lipinski definition) is 1. The van der Waals surface area contributed by atoms with Crippen molar-refractivity contribution in [2.45, 2.75) is 81.2 Å². The lowest BCUT2D eigenvalue weighted by Crippen LogP contribution is -2.18. The van der Waals surface area contributed by atoms with Crippen LogP contribution in [-0.2, 0) is 12.8 Å². The number of hydrogen-bond donors (Lipinski definition) is 1. The normalized spacial score (nSPS) is 11.0. The van der Waals surface area contributed by atoms with E-state index in [0.29, 0.717) is 0 Å². The predicted octanol–water partition coefficient (Wildman–Crippen LogP) is 6.45. The summed E-state index contributed by atoms with van der Waals surface area (Å²) in [6.07, 6.45) is 1.96. The lowest BCUT2D eigenvalue weighted by Gasteiger charge is -2.15. The van der Waals surface area contributed by atoms with Crippen LogP contribution < -0.4 is 5.73 Å². The topological polar surface area (TPSA) is 26.0 Å². The summed E-state index contributed by atoms with van der Waals surface area (Å²) in [5.41, 5.74) is 15.6. The van der Waals surface area contributed by atoms with Gasteiger partial charge in [-0.1, -0.05) is 69.2 Å². The van der Waals surface area contributed by atoms with Gasteiger partial charge in [0.25, 0.3) is 0 Å². The van der Waals surface area contributed by atoms with Gasteiger partial charge in [0, 0.05) is 6.04 Å². The van der Waals surface area contributed by atoms with Crippen LogP contribution in [0.1, 0.15) is 73.6 Å². The molecule has 0 spiro atoms. The molecule has 0 aromatic heterocycles. The summed E-state index contributed by atoms with van der Waals surface area (Å²) >= 11 is 0. The number of aryl methyl sites for hydroxylation is 4. The first-order chi connectivity index (χ1) is 11.8. The zero-order valence-corrected chi connectivity index (χ0v) is 18.0. The summed E-state index contributed by atoms with van der Waals surface area (Å²) in [6.45, 7) is 18.8. The standard InChI is InChI=1S/C20H27N.2C2H6/c1-13-6-14(2)8-18(7-13)12-20-15(3)9-19(10-16(20)4)11-17(5)21;2*1-2/h6-10,17H,11-12,21H2,1-5H3;2*1-2H3. The van der Waals surface area contributed by atoms with Crippen LogP contribution in [0.5, 0.6) is 0 Å². The third kappa shape index (κ3) is 7.88. The molecule has 0 fully saturated rings. The fraction of sp³-hybridized carbons (Fsp3) is 0.500. The van der Waals surface area contributed by atoms with Crippen molar-refractivity contribution in [2.24, 2.45) is 5.73 Å². The Morgan fingerprint density at radius 3 is 1.56 bits per heavy atom. The van der Waals surface area contributed by atoms with Gasteiger partial charge in [-0.05, 0) is 75.3 Å². The van der Waals surface area contributed by atoms with Gasteiger partial charge in [0.1, 0.15) is 0 Å². The van der Waals surface area contributed by atoms with Crippen LogP contribution in [0.15, 0.2) is 30.3 Å². The van der Waals surface area contributed by atoms with E-state index in [1.807, 2.05) is 27.7 Å². The summed E-state index contributed by atoms with van der Waals surface area (Å²) in [7, 11) is 0. The first kappa shape index (κ1) is 23.4. The Kier molecular flexibility index (Phi) is 11.1. The third-order valence-electron chi connectivity index (χ3n) is 3.98. The minimum Gasteiger partial charge on any atom is -0.328 e. The number of nitrogens with two attached hydrogens (primary N) is 1. The Morgan fingerprint density at radius 1 is 0.720 bits per heavy atom. The molecule has 2 aromatic carbocycles. The highest BCUT2D eigenvalue weighted by Gasteiger charge is 2.08. The fourth-order valence-electron chi connectivity index (χ4n) is 3.23. The highest BCUT2D eigenvalue weighted by Crippen LogP contribution is 2.22. The van der Waals surface area contributed by atoms with E-state index in [0.717, 1.165) is 12.8 Å². The van der Waals surface area contributed by atoms with Crippen molar-refractivity contribution >= 4 is 0 Å². The summed E-state index contributed by atoms with van der Waals surface area (Å²) in [5, 5.41) is 0. The zero-order chi connectivity index (χ0) is 19.6. The van der Waals surface area contributed by atoms with Crippen LogP contribution in [0.25, 0.3) is 0 Å². The Morgan fingerprint density at radius 2 is 1.16 bits per heavy atom. The molecule has 1 atom stereocenters. The van der Waals surface area contributed by atoms with E-state index in [2.05, 4.69) is 65.0 Å². The van der Waals surface area contributed by atoms with Crippen molar-refractivity contribution in [3.8, 4) is 0 Å². The van der Waals surface area contributed by atoms with Gasteiger partial charge in [-0.3, -0.25) is 0 Å². The van der Waals surface area contributed by atoms with Crippen LogP contribution in [0.3, 0.4) is 0 Å². The Bertz CT molecular complexity index is 595. The first-order valence-electron chi connectivity index (χ1n) is 9.77. The fourth-order valence-corrected chi connectivity index (χ4v) is 3.23. The number of benzene rings is 2. The van der Waals surface area contributed by atoms with Gasteiger partial charge in [-0.25, -0.2) is 0 Å². The van der Waals surface area contributed by atoms with Gasteiger partial charge in [0.2, 0.25) is 0 Å². The van der Waals surface area contributed by atoms with Gasteiger partial charge in [0.05, 0.1) is 0 Å². The minimum atomic E-state index is 0.217.